The molecule has 0 aromatic carbocycles. The number of nitrogens with one attached hydrogen (secondary N) is 1. The summed E-state index contributed by atoms with van der Waals surface area (Å²) in [5.74, 6) is 1.96. The Bertz CT molecular complexity index is 1150. The fourth-order valence-electron chi connectivity index (χ4n) is 5.20. The highest BCUT2D eigenvalue weighted by Crippen LogP contribution is 2.42. The molecule has 2 amide bonds. The van der Waals surface area contributed by atoms with Crippen molar-refractivity contribution in [2.75, 3.05) is 37.5 Å². The van der Waals surface area contributed by atoms with E-state index in [9.17, 15) is 4.79 Å². The number of hydrogen-bond donors (Lipinski definition) is 1. The van der Waals surface area contributed by atoms with E-state index in [2.05, 4.69) is 74.2 Å². The number of likely N-dealkylation sites (tertiary alicyclic amines) is 1. The maximum Gasteiger partial charge on any atom is 0.329 e. The normalized spacial score (nSPS) is 22.6. The average Bonchev–Trinajstić information content (AvgIpc) is 3.53. The summed E-state index contributed by atoms with van der Waals surface area (Å²) < 4.78 is 11.2. The van der Waals surface area contributed by atoms with Crippen molar-refractivity contribution in [3.8, 4) is 6.01 Å². The highest BCUT2D eigenvalue weighted by molar-refractivity contribution is 7.10. The molecule has 1 aliphatic heterocycles. The van der Waals surface area contributed by atoms with E-state index in [4.69, 9.17) is 4.74 Å². The van der Waals surface area contributed by atoms with Gasteiger partial charge in [-0.15, -0.1) is 4.37 Å². The molecule has 2 aliphatic rings. The molecule has 3 aromatic rings. The number of urea groups is 1. The van der Waals surface area contributed by atoms with E-state index in [0.29, 0.717) is 23.0 Å². The SMILES string of the molecule is COc1nsc(NC(=O)N2C[C@H]3C[C@H](N(C)c4ncnc5c4ccn5C(C)(C)C)C[C@H]3C2)n1. The summed E-state index contributed by atoms with van der Waals surface area (Å²) >= 11 is 1.12. The summed E-state index contributed by atoms with van der Waals surface area (Å²) in [6.07, 6.45) is 5.86. The molecule has 0 bridgehead atoms. The second-order valence-corrected chi connectivity index (χ2v) is 10.7. The zero-order valence-electron chi connectivity index (χ0n) is 19.6. The lowest BCUT2D eigenvalue weighted by atomic mass is 10.0. The van der Waals surface area contributed by atoms with Gasteiger partial charge in [-0.05, 0) is 51.5 Å². The summed E-state index contributed by atoms with van der Waals surface area (Å²) in [5, 5.41) is 4.39. The van der Waals surface area contributed by atoms with Crippen LogP contribution in [-0.4, -0.2) is 68.1 Å². The number of anilines is 2. The van der Waals surface area contributed by atoms with Crippen molar-refractivity contribution in [1.82, 2.24) is 28.8 Å². The van der Waals surface area contributed by atoms with Crippen molar-refractivity contribution in [2.24, 2.45) is 11.8 Å². The molecule has 5 rings (SSSR count). The van der Waals surface area contributed by atoms with E-state index in [-0.39, 0.29) is 17.6 Å². The first-order valence-electron chi connectivity index (χ1n) is 11.2. The van der Waals surface area contributed by atoms with Gasteiger partial charge in [0.1, 0.15) is 17.8 Å². The van der Waals surface area contributed by atoms with Crippen LogP contribution in [0.4, 0.5) is 15.7 Å². The van der Waals surface area contributed by atoms with E-state index >= 15 is 0 Å². The molecule has 11 heteroatoms. The lowest BCUT2D eigenvalue weighted by Crippen LogP contribution is -2.36. The smallest absolute Gasteiger partial charge is 0.329 e. The number of fused-ring (bicyclic) bond motifs is 2. The van der Waals surface area contributed by atoms with Crippen LogP contribution < -0.4 is 15.0 Å². The van der Waals surface area contributed by atoms with Gasteiger partial charge < -0.3 is 19.1 Å². The summed E-state index contributed by atoms with van der Waals surface area (Å²) in [6.45, 7) is 8.06. The Morgan fingerprint density at radius 2 is 1.97 bits per heavy atom. The Kier molecular flexibility index (Phi) is 5.38. The van der Waals surface area contributed by atoms with Crippen LogP contribution in [0.3, 0.4) is 0 Å². The maximum atomic E-state index is 12.7. The van der Waals surface area contributed by atoms with Gasteiger partial charge in [-0.25, -0.2) is 14.8 Å². The minimum Gasteiger partial charge on any atom is -0.466 e. The molecule has 1 N–H and O–H groups in total. The Hall–Kier alpha value is -2.95. The van der Waals surface area contributed by atoms with Crippen molar-refractivity contribution in [3.05, 3.63) is 18.6 Å². The third-order valence-electron chi connectivity index (χ3n) is 6.88. The molecule has 3 atom stereocenters. The first kappa shape index (κ1) is 21.9. The quantitative estimate of drug-likeness (QED) is 0.623. The van der Waals surface area contributed by atoms with Gasteiger partial charge in [0.2, 0.25) is 5.13 Å². The van der Waals surface area contributed by atoms with Gasteiger partial charge in [0, 0.05) is 49.4 Å². The van der Waals surface area contributed by atoms with E-state index in [1.54, 1.807) is 6.33 Å². The van der Waals surface area contributed by atoms with Crippen molar-refractivity contribution < 1.29 is 9.53 Å². The van der Waals surface area contributed by atoms with E-state index < -0.39 is 0 Å². The third-order valence-corrected chi connectivity index (χ3v) is 7.50. The summed E-state index contributed by atoms with van der Waals surface area (Å²) in [5.41, 5.74) is 0.925. The molecule has 4 heterocycles. The molecule has 2 fully saturated rings. The van der Waals surface area contributed by atoms with Gasteiger partial charge in [0.25, 0.3) is 0 Å². The second kappa shape index (κ2) is 8.12. The fraction of sp³-hybridized carbons (Fsp3) is 0.591. The first-order chi connectivity index (χ1) is 15.7. The van der Waals surface area contributed by atoms with Crippen LogP contribution in [0.1, 0.15) is 33.6 Å². The number of hydrogen-bond acceptors (Lipinski definition) is 8. The van der Waals surface area contributed by atoms with Crippen LogP contribution in [0.5, 0.6) is 6.01 Å². The number of nitrogens with zero attached hydrogens (tertiary/aromatic N) is 7. The molecule has 0 spiro atoms. The number of aromatic nitrogens is 5. The fourth-order valence-corrected chi connectivity index (χ4v) is 5.73. The molecule has 1 aliphatic carbocycles. The highest BCUT2D eigenvalue weighted by atomic mass is 32.1. The third kappa shape index (κ3) is 3.98. The van der Waals surface area contributed by atoms with Crippen molar-refractivity contribution >= 4 is 39.5 Å². The molecular formula is C22H30N8O2S. The van der Waals surface area contributed by atoms with Gasteiger partial charge in [0.05, 0.1) is 12.5 Å². The Morgan fingerprint density at radius 1 is 1.24 bits per heavy atom. The van der Waals surface area contributed by atoms with Crippen molar-refractivity contribution in [1.29, 1.82) is 0 Å². The predicted molar refractivity (Wildman–Crippen MR) is 128 cm³/mol. The van der Waals surface area contributed by atoms with Gasteiger partial charge in [0.15, 0.2) is 0 Å². The molecule has 0 unspecified atom stereocenters. The number of methoxy groups -OCH3 is 1. The topological polar surface area (TPSA) is 101 Å². The monoisotopic (exact) mass is 470 g/mol. The van der Waals surface area contributed by atoms with Crippen molar-refractivity contribution in [2.45, 2.75) is 45.2 Å². The van der Waals surface area contributed by atoms with Crippen LogP contribution >= 0.6 is 11.5 Å². The molecular weight excluding hydrogens is 440 g/mol. The zero-order valence-corrected chi connectivity index (χ0v) is 20.5. The maximum absolute atomic E-state index is 12.7. The van der Waals surface area contributed by atoms with Gasteiger partial charge in [-0.2, -0.15) is 4.98 Å². The van der Waals surface area contributed by atoms with Crippen molar-refractivity contribution in [3.63, 3.8) is 0 Å². The van der Waals surface area contributed by atoms with Crippen LogP contribution in [0.2, 0.25) is 0 Å². The summed E-state index contributed by atoms with van der Waals surface area (Å²) in [6, 6.07) is 2.68. The van der Waals surface area contributed by atoms with Gasteiger partial charge in [-0.1, -0.05) is 0 Å². The lowest BCUT2D eigenvalue weighted by molar-refractivity contribution is 0.218. The molecule has 33 heavy (non-hydrogen) atoms. The number of carbonyl (C=O) groups excluding carboxylic acids is 1. The lowest BCUT2D eigenvalue weighted by Gasteiger charge is -2.28. The number of carbonyl (C=O) groups is 1. The van der Waals surface area contributed by atoms with Gasteiger partial charge in [-0.3, -0.25) is 5.32 Å². The minimum atomic E-state index is -0.117. The number of ether oxygens (including phenoxy) is 1. The molecule has 0 radical (unpaired) electrons. The average molecular weight is 471 g/mol. The van der Waals surface area contributed by atoms with E-state index in [1.807, 2.05) is 4.90 Å². The number of rotatable bonds is 4. The van der Waals surface area contributed by atoms with E-state index in [0.717, 1.165) is 54.3 Å². The molecule has 10 nitrogen and oxygen atoms in total. The van der Waals surface area contributed by atoms with Gasteiger partial charge >= 0.3 is 12.0 Å². The van der Waals surface area contributed by atoms with Crippen LogP contribution in [0, 0.1) is 11.8 Å². The zero-order chi connectivity index (χ0) is 23.3. The Labute approximate surface area is 197 Å². The minimum absolute atomic E-state index is 0.0415. The summed E-state index contributed by atoms with van der Waals surface area (Å²) in [7, 11) is 3.64. The molecule has 1 saturated heterocycles. The Balaban J connectivity index is 1.25. The molecule has 176 valence electrons. The highest BCUT2D eigenvalue weighted by Gasteiger charge is 2.44. The molecule has 1 saturated carbocycles. The standard InChI is InChI=1S/C22H30N8O2S/c1-22(2,3)30-7-6-16-17(23-12-24-18(16)30)28(4)15-8-13-10-29(11-14(13)9-15)21(31)26-20-25-19(32-5)27-33-20/h6-7,12-15H,8-11H2,1-5H3,(H,25,26,27,31)/t13-,14+,15+. The predicted octanol–water partition coefficient (Wildman–Crippen LogP) is 3.43. The summed E-state index contributed by atoms with van der Waals surface area (Å²) in [4.78, 5) is 30.2. The van der Waals surface area contributed by atoms with Crippen LogP contribution in [0.25, 0.3) is 11.0 Å². The first-order valence-corrected chi connectivity index (χ1v) is 12.0. The molecule has 3 aromatic heterocycles. The van der Waals surface area contributed by atoms with Crippen LogP contribution in [-0.2, 0) is 5.54 Å². The number of amides is 2. The second-order valence-electron chi connectivity index (χ2n) is 9.97. The van der Waals surface area contributed by atoms with Crippen LogP contribution in [0.15, 0.2) is 18.6 Å². The largest absolute Gasteiger partial charge is 0.466 e. The van der Waals surface area contributed by atoms with E-state index in [1.165, 1.54) is 7.11 Å². The Morgan fingerprint density at radius 3 is 2.61 bits per heavy atom.